The van der Waals surface area contributed by atoms with Gasteiger partial charge in [0.1, 0.15) is 0 Å². The van der Waals surface area contributed by atoms with E-state index in [2.05, 4.69) is 30.8 Å². The zero-order valence-corrected chi connectivity index (χ0v) is 8.53. The average Bonchev–Trinajstić information content (AvgIpc) is 2.47. The van der Waals surface area contributed by atoms with Gasteiger partial charge in [-0.25, -0.2) is 0 Å². The van der Waals surface area contributed by atoms with Crippen LogP contribution in [0.25, 0.3) is 10.4 Å². The Morgan fingerprint density at radius 2 is 2.23 bits per heavy atom. The summed E-state index contributed by atoms with van der Waals surface area (Å²) < 4.78 is 5.53. The van der Waals surface area contributed by atoms with Gasteiger partial charge in [0.15, 0.2) is 0 Å². The number of rotatable bonds is 2. The van der Waals surface area contributed by atoms with E-state index in [9.17, 15) is 0 Å². The summed E-state index contributed by atoms with van der Waals surface area (Å²) in [6.07, 6.45) is 1.16. The molecular weight excluding hydrogens is 166 g/mol. The summed E-state index contributed by atoms with van der Waals surface area (Å²) in [6, 6.07) is 0. The highest BCUT2D eigenvalue weighted by atomic mass is 16.5. The normalized spacial score (nSPS) is 28.5. The van der Waals surface area contributed by atoms with Gasteiger partial charge in [-0.3, -0.25) is 0 Å². The highest BCUT2D eigenvalue weighted by Crippen LogP contribution is 2.35. The second-order valence-corrected chi connectivity index (χ2v) is 4.67. The van der Waals surface area contributed by atoms with Crippen molar-refractivity contribution in [1.29, 1.82) is 0 Å². The van der Waals surface area contributed by atoms with Gasteiger partial charge in [0, 0.05) is 4.91 Å². The number of azide groups is 1. The molecule has 0 bridgehead atoms. The number of nitrogens with zero attached hydrogens (tertiary/aromatic N) is 3. The van der Waals surface area contributed by atoms with Crippen molar-refractivity contribution in [3.63, 3.8) is 0 Å². The van der Waals surface area contributed by atoms with E-state index in [4.69, 9.17) is 10.3 Å². The topological polar surface area (TPSA) is 58.0 Å². The van der Waals surface area contributed by atoms with E-state index in [1.54, 1.807) is 0 Å². The van der Waals surface area contributed by atoms with Crippen LogP contribution in [0.2, 0.25) is 0 Å². The molecule has 1 rings (SSSR count). The van der Waals surface area contributed by atoms with Gasteiger partial charge in [-0.05, 0) is 23.3 Å². The Hall–Kier alpha value is -0.730. The Kier molecular flexibility index (Phi) is 3.17. The van der Waals surface area contributed by atoms with Crippen molar-refractivity contribution in [2.24, 2.45) is 16.4 Å². The smallest absolute Gasteiger partial charge is 0.0635 e. The molecule has 4 heteroatoms. The van der Waals surface area contributed by atoms with E-state index < -0.39 is 0 Å². The molecule has 0 N–H and O–H groups in total. The molecule has 1 heterocycles. The number of hydrogen-bond donors (Lipinski definition) is 0. The molecule has 1 aliphatic heterocycles. The summed E-state index contributed by atoms with van der Waals surface area (Å²) >= 11 is 0. The maximum absolute atomic E-state index is 8.16. The van der Waals surface area contributed by atoms with E-state index in [0.717, 1.165) is 13.0 Å². The van der Waals surface area contributed by atoms with Crippen LogP contribution in [0.1, 0.15) is 27.2 Å². The molecule has 1 aliphatic rings. The van der Waals surface area contributed by atoms with Crippen LogP contribution in [0.5, 0.6) is 0 Å². The standard InChI is InChI=1S/C9H17N3O/c1-9(2,3)7-4-8(13-6-7)5-11-12-10/h7-8H,4-6H2,1-3H3/t7-,8+/m1/s1. The third-order valence-corrected chi connectivity index (χ3v) is 2.65. The first-order chi connectivity index (χ1) is 6.04. The first-order valence-corrected chi connectivity index (χ1v) is 4.66. The van der Waals surface area contributed by atoms with Crippen LogP contribution in [-0.4, -0.2) is 19.3 Å². The number of hydrogen-bond acceptors (Lipinski definition) is 2. The molecule has 0 spiro atoms. The Bertz CT molecular complexity index is 215. The summed E-state index contributed by atoms with van der Waals surface area (Å²) in [7, 11) is 0. The second-order valence-electron chi connectivity index (χ2n) is 4.67. The minimum absolute atomic E-state index is 0.139. The van der Waals surface area contributed by atoms with E-state index in [1.165, 1.54) is 0 Å². The quantitative estimate of drug-likeness (QED) is 0.369. The zero-order chi connectivity index (χ0) is 9.90. The lowest BCUT2D eigenvalue weighted by Crippen LogP contribution is -2.20. The first-order valence-electron chi connectivity index (χ1n) is 4.66. The molecule has 0 aromatic rings. The Labute approximate surface area is 78.9 Å². The van der Waals surface area contributed by atoms with Gasteiger partial charge >= 0.3 is 0 Å². The third kappa shape index (κ3) is 2.90. The average molecular weight is 183 g/mol. The molecule has 0 saturated carbocycles. The van der Waals surface area contributed by atoms with Crippen LogP contribution < -0.4 is 0 Å². The molecule has 1 saturated heterocycles. The second kappa shape index (κ2) is 3.99. The van der Waals surface area contributed by atoms with Gasteiger partial charge in [-0.15, -0.1) is 0 Å². The summed E-state index contributed by atoms with van der Waals surface area (Å²) in [5.74, 6) is 0.589. The first kappa shape index (κ1) is 10.4. The van der Waals surface area contributed by atoms with Crippen LogP contribution in [0.4, 0.5) is 0 Å². The van der Waals surface area contributed by atoms with E-state index >= 15 is 0 Å². The fraction of sp³-hybridized carbons (Fsp3) is 1.00. The number of ether oxygens (including phenoxy) is 1. The van der Waals surface area contributed by atoms with Crippen molar-refractivity contribution in [2.45, 2.75) is 33.3 Å². The lowest BCUT2D eigenvalue weighted by Gasteiger charge is -2.25. The predicted octanol–water partition coefficient (Wildman–Crippen LogP) is 2.75. The molecule has 0 aromatic heterocycles. The van der Waals surface area contributed by atoms with Crippen molar-refractivity contribution >= 4 is 0 Å². The predicted molar refractivity (Wildman–Crippen MR) is 51.3 cm³/mol. The molecule has 1 fully saturated rings. The lowest BCUT2D eigenvalue weighted by molar-refractivity contribution is 0.102. The Balaban J connectivity index is 2.40. The summed E-state index contributed by atoms with van der Waals surface area (Å²) in [4.78, 5) is 2.73. The molecule has 13 heavy (non-hydrogen) atoms. The van der Waals surface area contributed by atoms with Gasteiger partial charge in [-0.2, -0.15) is 0 Å². The molecule has 0 aliphatic carbocycles. The fourth-order valence-corrected chi connectivity index (χ4v) is 1.56. The van der Waals surface area contributed by atoms with E-state index in [-0.39, 0.29) is 6.10 Å². The Morgan fingerprint density at radius 1 is 1.54 bits per heavy atom. The van der Waals surface area contributed by atoms with Gasteiger partial charge in [0.25, 0.3) is 0 Å². The van der Waals surface area contributed by atoms with Crippen LogP contribution in [0.15, 0.2) is 5.11 Å². The highest BCUT2D eigenvalue weighted by molar-refractivity contribution is 4.83. The Morgan fingerprint density at radius 3 is 2.69 bits per heavy atom. The molecule has 0 amide bonds. The molecule has 2 atom stereocenters. The molecule has 0 unspecified atom stereocenters. The van der Waals surface area contributed by atoms with Gasteiger partial charge in [0.2, 0.25) is 0 Å². The summed E-state index contributed by atoms with van der Waals surface area (Å²) in [6.45, 7) is 7.93. The maximum atomic E-state index is 8.16. The lowest BCUT2D eigenvalue weighted by atomic mass is 9.79. The SMILES string of the molecule is CC(C)(C)[C@H]1CO[C@H](CN=[N+]=[N-])C1. The molecule has 74 valence electrons. The maximum Gasteiger partial charge on any atom is 0.0635 e. The largest absolute Gasteiger partial charge is 0.378 e. The van der Waals surface area contributed by atoms with Gasteiger partial charge in [-0.1, -0.05) is 25.9 Å². The molecule has 0 radical (unpaired) electrons. The van der Waals surface area contributed by atoms with Crippen molar-refractivity contribution < 1.29 is 4.74 Å². The van der Waals surface area contributed by atoms with Gasteiger partial charge in [0.05, 0.1) is 19.3 Å². The molecule has 0 aromatic carbocycles. The van der Waals surface area contributed by atoms with Crippen LogP contribution >= 0.6 is 0 Å². The third-order valence-electron chi connectivity index (χ3n) is 2.65. The fourth-order valence-electron chi connectivity index (χ4n) is 1.56. The molecule has 4 nitrogen and oxygen atoms in total. The monoisotopic (exact) mass is 183 g/mol. The van der Waals surface area contributed by atoms with Crippen LogP contribution in [0.3, 0.4) is 0 Å². The molecular formula is C9H17N3O. The van der Waals surface area contributed by atoms with Gasteiger partial charge < -0.3 is 4.74 Å². The van der Waals surface area contributed by atoms with Crippen LogP contribution in [-0.2, 0) is 4.74 Å². The van der Waals surface area contributed by atoms with E-state index in [0.29, 0.717) is 17.9 Å². The summed E-state index contributed by atoms with van der Waals surface area (Å²) in [5, 5.41) is 3.53. The minimum Gasteiger partial charge on any atom is -0.378 e. The minimum atomic E-state index is 0.139. The van der Waals surface area contributed by atoms with E-state index in [1.807, 2.05) is 0 Å². The highest BCUT2D eigenvalue weighted by Gasteiger charge is 2.33. The van der Waals surface area contributed by atoms with Crippen molar-refractivity contribution in [1.82, 2.24) is 0 Å². The summed E-state index contributed by atoms with van der Waals surface area (Å²) in [5.41, 5.74) is 8.45. The van der Waals surface area contributed by atoms with Crippen molar-refractivity contribution in [3.8, 4) is 0 Å². The van der Waals surface area contributed by atoms with Crippen LogP contribution in [0, 0.1) is 11.3 Å². The zero-order valence-electron chi connectivity index (χ0n) is 8.53. The van der Waals surface area contributed by atoms with Crippen molar-refractivity contribution in [2.75, 3.05) is 13.2 Å². The van der Waals surface area contributed by atoms with Crippen molar-refractivity contribution in [3.05, 3.63) is 10.4 Å².